The van der Waals surface area contributed by atoms with Gasteiger partial charge in [0.05, 0.1) is 16.0 Å². The number of aryl methyl sites for hydroxylation is 1. The van der Waals surface area contributed by atoms with E-state index in [1.54, 1.807) is 6.20 Å². The van der Waals surface area contributed by atoms with Crippen LogP contribution < -0.4 is 5.43 Å². The van der Waals surface area contributed by atoms with Gasteiger partial charge in [-0.05, 0) is 17.9 Å². The number of sulfonamides is 1. The highest BCUT2D eigenvalue weighted by Crippen LogP contribution is 2.16. The van der Waals surface area contributed by atoms with E-state index >= 15 is 0 Å². The van der Waals surface area contributed by atoms with Crippen LogP contribution in [-0.2, 0) is 16.6 Å². The Hall–Kier alpha value is -1.18. The van der Waals surface area contributed by atoms with Gasteiger partial charge in [0, 0.05) is 32.9 Å². The van der Waals surface area contributed by atoms with E-state index in [4.69, 9.17) is 0 Å². The van der Waals surface area contributed by atoms with Crippen LogP contribution >= 0.6 is 11.3 Å². The standard InChI is InChI=1S/C12H16N2O3S2/c1-13(2)19(16,17)9-3-6-14-7-4-11(15)12-10(14)5-8-18-12/h4-5,7-8H,3,6,9H2,1-2H3. The summed E-state index contributed by atoms with van der Waals surface area (Å²) in [6.45, 7) is 0.584. The van der Waals surface area contributed by atoms with Crippen LogP contribution in [0.15, 0.2) is 28.5 Å². The predicted octanol–water partition coefficient (Wildman–Crippen LogP) is 1.34. The molecular weight excluding hydrogens is 284 g/mol. The van der Waals surface area contributed by atoms with Gasteiger partial charge < -0.3 is 4.57 Å². The summed E-state index contributed by atoms with van der Waals surface area (Å²) in [5.41, 5.74) is 0.891. The van der Waals surface area contributed by atoms with E-state index < -0.39 is 10.0 Å². The topological polar surface area (TPSA) is 59.4 Å². The number of thiophene rings is 1. The number of aromatic nitrogens is 1. The molecule has 0 saturated carbocycles. The Kier molecular flexibility index (Phi) is 4.07. The van der Waals surface area contributed by atoms with E-state index in [-0.39, 0.29) is 11.2 Å². The lowest BCUT2D eigenvalue weighted by atomic mass is 10.3. The van der Waals surface area contributed by atoms with Crippen LogP contribution in [0.5, 0.6) is 0 Å². The van der Waals surface area contributed by atoms with Crippen LogP contribution in [0.3, 0.4) is 0 Å². The molecule has 2 heterocycles. The van der Waals surface area contributed by atoms with Crippen LogP contribution in [0.1, 0.15) is 6.42 Å². The van der Waals surface area contributed by atoms with Gasteiger partial charge in [-0.2, -0.15) is 0 Å². The lowest BCUT2D eigenvalue weighted by Gasteiger charge is -2.12. The van der Waals surface area contributed by atoms with E-state index in [2.05, 4.69) is 0 Å². The molecule has 104 valence electrons. The Morgan fingerprint density at radius 1 is 1.32 bits per heavy atom. The molecule has 0 saturated heterocycles. The van der Waals surface area contributed by atoms with Crippen molar-refractivity contribution in [2.45, 2.75) is 13.0 Å². The van der Waals surface area contributed by atoms with Crippen LogP contribution in [0.2, 0.25) is 0 Å². The first kappa shape index (κ1) is 14.2. The number of pyridine rings is 1. The molecule has 0 aliphatic carbocycles. The molecule has 2 rings (SSSR count). The second kappa shape index (κ2) is 5.44. The predicted molar refractivity (Wildman–Crippen MR) is 78.2 cm³/mol. The highest BCUT2D eigenvalue weighted by Gasteiger charge is 2.13. The maximum atomic E-state index is 11.7. The van der Waals surface area contributed by atoms with Gasteiger partial charge in [0.1, 0.15) is 0 Å². The van der Waals surface area contributed by atoms with Gasteiger partial charge in [-0.15, -0.1) is 11.3 Å². The summed E-state index contributed by atoms with van der Waals surface area (Å²) < 4.78 is 27.2. The van der Waals surface area contributed by atoms with Crippen molar-refractivity contribution in [1.82, 2.24) is 8.87 Å². The number of fused-ring (bicyclic) bond motifs is 1. The number of rotatable bonds is 5. The summed E-state index contributed by atoms with van der Waals surface area (Å²) >= 11 is 1.41. The van der Waals surface area contributed by atoms with Crippen LogP contribution in [0.4, 0.5) is 0 Å². The first-order valence-corrected chi connectivity index (χ1v) is 8.37. The second-order valence-electron chi connectivity index (χ2n) is 4.46. The maximum Gasteiger partial charge on any atom is 0.213 e. The third-order valence-electron chi connectivity index (χ3n) is 2.94. The van der Waals surface area contributed by atoms with Gasteiger partial charge >= 0.3 is 0 Å². The first-order valence-electron chi connectivity index (χ1n) is 5.89. The lowest BCUT2D eigenvalue weighted by molar-refractivity contribution is 0.515. The molecule has 0 spiro atoms. The van der Waals surface area contributed by atoms with Crippen molar-refractivity contribution in [1.29, 1.82) is 0 Å². The van der Waals surface area contributed by atoms with Crippen molar-refractivity contribution in [3.8, 4) is 0 Å². The molecule has 5 nitrogen and oxygen atoms in total. The summed E-state index contributed by atoms with van der Waals surface area (Å²) in [7, 11) is -0.0885. The zero-order chi connectivity index (χ0) is 14.0. The molecule has 2 aromatic rings. The summed E-state index contributed by atoms with van der Waals surface area (Å²) in [6.07, 6.45) is 2.24. The quantitative estimate of drug-likeness (QED) is 0.837. The van der Waals surface area contributed by atoms with Gasteiger partial charge in [-0.3, -0.25) is 4.79 Å². The monoisotopic (exact) mass is 300 g/mol. The largest absolute Gasteiger partial charge is 0.347 e. The van der Waals surface area contributed by atoms with E-state index in [0.29, 0.717) is 13.0 Å². The minimum atomic E-state index is -3.16. The Morgan fingerprint density at radius 2 is 2.05 bits per heavy atom. The average molecular weight is 300 g/mol. The van der Waals surface area contributed by atoms with Gasteiger partial charge in [-0.25, -0.2) is 12.7 Å². The molecule has 0 unspecified atom stereocenters. The van der Waals surface area contributed by atoms with Crippen molar-refractivity contribution < 1.29 is 8.42 Å². The normalized spacial score (nSPS) is 12.4. The summed E-state index contributed by atoms with van der Waals surface area (Å²) in [5.74, 6) is 0.109. The smallest absolute Gasteiger partial charge is 0.213 e. The number of hydrogen-bond acceptors (Lipinski definition) is 4. The van der Waals surface area contributed by atoms with Crippen LogP contribution in [0.25, 0.3) is 10.2 Å². The lowest BCUT2D eigenvalue weighted by Crippen LogP contribution is -2.25. The van der Waals surface area contributed by atoms with Crippen molar-refractivity contribution in [3.05, 3.63) is 33.9 Å². The van der Waals surface area contributed by atoms with E-state index in [9.17, 15) is 13.2 Å². The highest BCUT2D eigenvalue weighted by molar-refractivity contribution is 7.89. The minimum absolute atomic E-state index is 0.0159. The Labute approximate surface area is 116 Å². The molecule has 0 atom stereocenters. The van der Waals surface area contributed by atoms with Gasteiger partial charge in [-0.1, -0.05) is 0 Å². The molecule has 0 aliphatic rings. The number of nitrogens with zero attached hydrogens (tertiary/aromatic N) is 2. The van der Waals surface area contributed by atoms with Crippen LogP contribution in [0, 0.1) is 0 Å². The zero-order valence-corrected chi connectivity index (χ0v) is 12.5. The molecule has 2 aromatic heterocycles. The fourth-order valence-electron chi connectivity index (χ4n) is 1.82. The zero-order valence-electron chi connectivity index (χ0n) is 10.9. The molecule has 7 heteroatoms. The first-order chi connectivity index (χ1) is 8.92. The minimum Gasteiger partial charge on any atom is -0.347 e. The SMILES string of the molecule is CN(C)S(=O)(=O)CCCn1ccc(=O)c2sccc21. The molecule has 0 amide bonds. The third-order valence-corrected chi connectivity index (χ3v) is 5.78. The molecular formula is C12H16N2O3S2. The van der Waals surface area contributed by atoms with Crippen LogP contribution in [-0.4, -0.2) is 37.1 Å². The fourth-order valence-corrected chi connectivity index (χ4v) is 3.50. The fraction of sp³-hybridized carbons (Fsp3) is 0.417. The Morgan fingerprint density at radius 3 is 2.74 bits per heavy atom. The van der Waals surface area contributed by atoms with Crippen molar-refractivity contribution >= 4 is 31.6 Å². The Bertz CT molecular complexity index is 729. The van der Waals surface area contributed by atoms with Gasteiger partial charge in [0.25, 0.3) is 0 Å². The van der Waals surface area contributed by atoms with E-state index in [1.165, 1.54) is 35.8 Å². The second-order valence-corrected chi connectivity index (χ2v) is 7.68. The maximum absolute atomic E-state index is 11.7. The van der Waals surface area contributed by atoms with E-state index in [1.807, 2.05) is 16.0 Å². The average Bonchev–Trinajstić information content (AvgIpc) is 2.82. The van der Waals surface area contributed by atoms with E-state index in [0.717, 1.165) is 10.2 Å². The van der Waals surface area contributed by atoms with Crippen molar-refractivity contribution in [3.63, 3.8) is 0 Å². The van der Waals surface area contributed by atoms with Gasteiger partial charge in [0.2, 0.25) is 10.0 Å². The van der Waals surface area contributed by atoms with Crippen molar-refractivity contribution in [2.75, 3.05) is 19.8 Å². The molecule has 0 fully saturated rings. The Balaban J connectivity index is 2.13. The molecule has 0 aromatic carbocycles. The summed E-state index contributed by atoms with van der Waals surface area (Å²) in [5, 5.41) is 1.87. The summed E-state index contributed by atoms with van der Waals surface area (Å²) in [4.78, 5) is 11.6. The molecule has 0 radical (unpaired) electrons. The summed E-state index contributed by atoms with van der Waals surface area (Å²) in [6, 6.07) is 3.42. The molecule has 0 N–H and O–H groups in total. The molecule has 19 heavy (non-hydrogen) atoms. The molecule has 0 bridgehead atoms. The highest BCUT2D eigenvalue weighted by atomic mass is 32.2. The van der Waals surface area contributed by atoms with Gasteiger partial charge in [0.15, 0.2) is 5.43 Å². The number of hydrogen-bond donors (Lipinski definition) is 0. The third kappa shape index (κ3) is 3.05. The molecule has 0 aliphatic heterocycles. The van der Waals surface area contributed by atoms with Crippen molar-refractivity contribution in [2.24, 2.45) is 0 Å².